The summed E-state index contributed by atoms with van der Waals surface area (Å²) in [5, 5.41) is 0. The van der Waals surface area contributed by atoms with Crippen molar-refractivity contribution in [3.05, 3.63) is 88.0 Å². The molecule has 2 aromatic carbocycles. The Morgan fingerprint density at radius 3 is 2.11 bits per heavy atom. The van der Waals surface area contributed by atoms with Crippen molar-refractivity contribution in [1.82, 2.24) is 0 Å². The van der Waals surface area contributed by atoms with Crippen molar-refractivity contribution >= 4 is 15.5 Å². The number of aryl methyl sites for hydroxylation is 1. The van der Waals surface area contributed by atoms with Crippen LogP contribution >= 0.6 is 0 Å². The van der Waals surface area contributed by atoms with Crippen LogP contribution in [0, 0.1) is 12.3 Å². The first kappa shape index (κ1) is 28.1. The number of allylic oxidation sites excluding steroid dienone is 5. The standard InChI is InChI=1S/C21H25.C11H16O.C3H6.Ti/c1-20(2,3)18-11-7-9-14-15-10-8-12-19(21(4,5)6)17(15)13-16(14)18;1-8-5-9(11(2,3)4)7-10(12)6-8;1-3-2;/h7-13H,1-6H3;5-7,12H,1-4H3;1-2H3;/q;;;+1/p-1. The summed E-state index contributed by atoms with van der Waals surface area (Å²) in [6.07, 6.45) is 9.66. The molecule has 2 aliphatic rings. The third-order valence-electron chi connectivity index (χ3n) is 7.95. The predicted octanol–water partition coefficient (Wildman–Crippen LogP) is 9.97. The van der Waals surface area contributed by atoms with Crippen LogP contribution in [0.2, 0.25) is 3.72 Å². The molecule has 0 aromatic heterocycles. The first-order chi connectivity index (χ1) is 17.0. The average molecular weight is 531 g/mol. The van der Waals surface area contributed by atoms with E-state index in [4.69, 9.17) is 3.32 Å². The first-order valence-corrected chi connectivity index (χ1v) is 15.9. The number of hydrogen-bond acceptors (Lipinski definition) is 1. The Hall–Kier alpha value is -1.96. The molecular weight excluding hydrogens is 484 g/mol. The molecule has 4 rings (SSSR count). The molecule has 37 heavy (non-hydrogen) atoms. The zero-order chi connectivity index (χ0) is 27.6. The van der Waals surface area contributed by atoms with E-state index < -0.39 is 17.8 Å². The van der Waals surface area contributed by atoms with E-state index >= 15 is 0 Å². The van der Waals surface area contributed by atoms with Gasteiger partial charge in [0, 0.05) is 0 Å². The second-order valence-corrected chi connectivity index (χ2v) is 18.4. The van der Waals surface area contributed by atoms with Crippen LogP contribution in [-0.2, 0) is 28.6 Å². The molecule has 0 heterocycles. The van der Waals surface area contributed by atoms with Crippen LogP contribution in [0.5, 0.6) is 5.75 Å². The summed E-state index contributed by atoms with van der Waals surface area (Å²) in [7, 11) is 0. The average Bonchev–Trinajstić information content (AvgIpc) is 3.14. The quantitative estimate of drug-likeness (QED) is 0.359. The molecule has 196 valence electrons. The van der Waals surface area contributed by atoms with Gasteiger partial charge in [-0.3, -0.25) is 0 Å². The first-order valence-electron chi connectivity index (χ1n) is 13.7. The predicted molar refractivity (Wildman–Crippen MR) is 159 cm³/mol. The zero-order valence-corrected chi connectivity index (χ0v) is 26.7. The Balaban J connectivity index is 1.95. The molecule has 0 spiro atoms. The van der Waals surface area contributed by atoms with Gasteiger partial charge in [0.25, 0.3) is 0 Å². The molecule has 1 nitrogen and oxygen atoms in total. The molecule has 0 N–H and O–H groups in total. The summed E-state index contributed by atoms with van der Waals surface area (Å²) >= 11 is -2.39. The maximum absolute atomic E-state index is 7.28. The second kappa shape index (κ2) is 9.35. The summed E-state index contributed by atoms with van der Waals surface area (Å²) in [6.45, 7) is 27.8. The molecule has 0 bridgehead atoms. The molecule has 1 atom stereocenters. The van der Waals surface area contributed by atoms with Gasteiger partial charge in [0.2, 0.25) is 0 Å². The van der Waals surface area contributed by atoms with Gasteiger partial charge in [-0.15, -0.1) is 0 Å². The Kier molecular flexibility index (Phi) is 7.09. The molecule has 2 aromatic rings. The van der Waals surface area contributed by atoms with Gasteiger partial charge >= 0.3 is 233 Å². The Morgan fingerprint density at radius 2 is 1.54 bits per heavy atom. The van der Waals surface area contributed by atoms with E-state index in [-0.39, 0.29) is 20.0 Å². The van der Waals surface area contributed by atoms with Gasteiger partial charge in [0.05, 0.1) is 0 Å². The van der Waals surface area contributed by atoms with Crippen LogP contribution in [0.15, 0.2) is 60.2 Å². The van der Waals surface area contributed by atoms with Crippen LogP contribution in [0.3, 0.4) is 0 Å². The van der Waals surface area contributed by atoms with Crippen molar-refractivity contribution in [3.8, 4) is 5.75 Å². The van der Waals surface area contributed by atoms with Crippen molar-refractivity contribution in [2.24, 2.45) is 5.41 Å². The van der Waals surface area contributed by atoms with Crippen molar-refractivity contribution in [3.63, 3.8) is 0 Å². The molecule has 0 amide bonds. The fourth-order valence-electron chi connectivity index (χ4n) is 5.99. The number of benzene rings is 2. The fourth-order valence-corrected chi connectivity index (χ4v) is 10.5. The minimum absolute atomic E-state index is 0.0118. The van der Waals surface area contributed by atoms with E-state index in [0.717, 1.165) is 5.75 Å². The molecule has 0 fully saturated rings. The van der Waals surface area contributed by atoms with Crippen molar-refractivity contribution < 1.29 is 21.1 Å². The van der Waals surface area contributed by atoms with Crippen LogP contribution in [0.1, 0.15) is 104 Å². The number of hydrogen-bond donors (Lipinski definition) is 0. The van der Waals surface area contributed by atoms with Crippen molar-refractivity contribution in [2.45, 2.75) is 97.6 Å². The third-order valence-corrected chi connectivity index (χ3v) is 13.0. The van der Waals surface area contributed by atoms with Crippen molar-refractivity contribution in [1.29, 1.82) is 0 Å². The van der Waals surface area contributed by atoms with Gasteiger partial charge in [-0.05, 0) is 0 Å². The van der Waals surface area contributed by atoms with Crippen LogP contribution in [-0.4, -0.2) is 3.81 Å². The molecule has 0 saturated heterocycles. The van der Waals surface area contributed by atoms with Gasteiger partial charge in [-0.25, -0.2) is 0 Å². The monoisotopic (exact) mass is 530 g/mol. The van der Waals surface area contributed by atoms with Gasteiger partial charge in [0.1, 0.15) is 0 Å². The normalized spacial score (nSPS) is 19.1. The van der Waals surface area contributed by atoms with Gasteiger partial charge in [-0.1, -0.05) is 0 Å². The molecule has 0 aliphatic heterocycles. The number of rotatable bonds is 3. The molecular formula is C35H46OTi. The van der Waals surface area contributed by atoms with E-state index in [1.807, 2.05) is 0 Å². The second-order valence-electron chi connectivity index (χ2n) is 14.3. The Labute approximate surface area is 232 Å². The third kappa shape index (κ3) is 4.95. The van der Waals surface area contributed by atoms with Gasteiger partial charge in [0.15, 0.2) is 0 Å². The Morgan fingerprint density at radius 1 is 0.865 bits per heavy atom. The van der Waals surface area contributed by atoms with E-state index in [1.54, 1.807) is 0 Å². The molecule has 1 unspecified atom stereocenters. The summed E-state index contributed by atoms with van der Waals surface area (Å²) in [5.41, 5.74) is 9.77. The SMILES string of the molecule is C[C](C)=[Ti]([O]c1cc(C)cc(C(C)(C)C)c1)[C]1(C(C)(C)C)C=CC=C2C1=Cc1c2cccc1C(C)(C)C. The number of fused-ring (bicyclic) bond motifs is 3. The maximum atomic E-state index is 7.28. The van der Waals surface area contributed by atoms with Gasteiger partial charge < -0.3 is 0 Å². The molecule has 0 radical (unpaired) electrons. The summed E-state index contributed by atoms with van der Waals surface area (Å²) in [5.74, 6) is 1.03. The molecule has 2 aliphatic carbocycles. The van der Waals surface area contributed by atoms with Crippen LogP contribution in [0.25, 0.3) is 11.6 Å². The van der Waals surface area contributed by atoms with E-state index in [2.05, 4.69) is 144 Å². The summed E-state index contributed by atoms with van der Waals surface area (Å²) < 4.78 is 8.57. The van der Waals surface area contributed by atoms with Gasteiger partial charge in [-0.2, -0.15) is 0 Å². The molecule has 0 saturated carbocycles. The molecule has 2 heteroatoms. The topological polar surface area (TPSA) is 9.23 Å². The van der Waals surface area contributed by atoms with E-state index in [1.165, 1.54) is 42.8 Å². The minimum atomic E-state index is -2.39. The van der Waals surface area contributed by atoms with E-state index in [9.17, 15) is 0 Å². The van der Waals surface area contributed by atoms with Crippen LogP contribution < -0.4 is 3.32 Å². The van der Waals surface area contributed by atoms with Crippen LogP contribution in [0.4, 0.5) is 0 Å². The summed E-state index contributed by atoms with van der Waals surface area (Å²) in [4.78, 5) is 0. The Bertz CT molecular complexity index is 1360. The fraction of sp³-hybridized carbons (Fsp3) is 0.457. The van der Waals surface area contributed by atoms with Crippen molar-refractivity contribution in [2.75, 3.05) is 0 Å². The zero-order valence-electron chi connectivity index (χ0n) is 25.2. The summed E-state index contributed by atoms with van der Waals surface area (Å²) in [6, 6.07) is 13.7. The van der Waals surface area contributed by atoms with E-state index in [0.29, 0.717) is 0 Å².